The standard InChI is InChI=1S/C46H75NO5/c1-29(2)33-16-21-46(26-32(48)25-30-12-13-31(24-30)47(10)11)23-22-44(8)34(40(33)46)14-15-36-43(7)19-18-37(42(5,6)35(43)17-20-45(36,44)9)52-39(51)28-41(3,4)27-38(49)50/h30-31,33-37,40H,1,12-28H2,2-11H3,(H,49,50)/t30?,31?,33-,34+,35-,36+,37-,40+,43-,44+,45+,46+/m0/s1. The van der Waals surface area contributed by atoms with Gasteiger partial charge in [0.05, 0.1) is 12.8 Å². The highest BCUT2D eigenvalue weighted by atomic mass is 16.5. The first-order valence-electron chi connectivity index (χ1n) is 21.3. The number of ketones is 1. The van der Waals surface area contributed by atoms with Gasteiger partial charge < -0.3 is 14.7 Å². The molecule has 6 saturated carbocycles. The molecule has 52 heavy (non-hydrogen) atoms. The maximum absolute atomic E-state index is 14.1. The summed E-state index contributed by atoms with van der Waals surface area (Å²) in [5, 5.41) is 9.36. The van der Waals surface area contributed by atoms with Gasteiger partial charge in [0.1, 0.15) is 11.9 Å². The number of esters is 1. The average Bonchev–Trinajstić information content (AvgIpc) is 3.63. The molecule has 0 heterocycles. The largest absolute Gasteiger partial charge is 0.481 e. The fourth-order valence-corrected chi connectivity index (χ4v) is 15.3. The molecule has 6 fully saturated rings. The van der Waals surface area contributed by atoms with Gasteiger partial charge in [-0.05, 0) is 167 Å². The first-order valence-corrected chi connectivity index (χ1v) is 21.3. The van der Waals surface area contributed by atoms with Crippen LogP contribution in [0.3, 0.4) is 0 Å². The van der Waals surface area contributed by atoms with E-state index in [0.717, 1.165) is 32.1 Å². The van der Waals surface area contributed by atoms with Crippen LogP contribution in [0.25, 0.3) is 0 Å². The Morgan fingerprint density at radius 3 is 2.17 bits per heavy atom. The second-order valence-corrected chi connectivity index (χ2v) is 22.0. The number of carbonyl (C=O) groups is 3. The lowest BCUT2D eigenvalue weighted by Gasteiger charge is -2.73. The monoisotopic (exact) mass is 722 g/mol. The van der Waals surface area contributed by atoms with Crippen molar-refractivity contribution in [3.63, 3.8) is 0 Å². The molecule has 1 N–H and O–H groups in total. The fourth-order valence-electron chi connectivity index (χ4n) is 15.3. The maximum Gasteiger partial charge on any atom is 0.306 e. The summed E-state index contributed by atoms with van der Waals surface area (Å²) < 4.78 is 6.30. The Bertz CT molecular complexity index is 1410. The van der Waals surface area contributed by atoms with Crippen molar-refractivity contribution in [3.8, 4) is 0 Å². The molecular weight excluding hydrogens is 647 g/mol. The third kappa shape index (κ3) is 6.67. The molecule has 0 aromatic carbocycles. The number of carboxylic acid groups (broad SMARTS) is 1. The van der Waals surface area contributed by atoms with Gasteiger partial charge in [0.2, 0.25) is 0 Å². The van der Waals surface area contributed by atoms with E-state index in [1.54, 1.807) is 0 Å². The van der Waals surface area contributed by atoms with Crippen molar-refractivity contribution in [2.45, 2.75) is 177 Å². The van der Waals surface area contributed by atoms with Gasteiger partial charge in [-0.25, -0.2) is 0 Å². The molecular formula is C46H75NO5. The van der Waals surface area contributed by atoms with Crippen LogP contribution in [0, 0.1) is 68.0 Å². The first kappa shape index (κ1) is 40.0. The number of allylic oxidation sites excluding steroid dienone is 1. The molecule has 294 valence electrons. The zero-order valence-corrected chi connectivity index (χ0v) is 34.9. The highest BCUT2D eigenvalue weighted by Crippen LogP contribution is 2.78. The fraction of sp³-hybridized carbons (Fsp3) is 0.891. The number of carboxylic acids is 1. The highest BCUT2D eigenvalue weighted by Gasteiger charge is 2.71. The SMILES string of the molecule is C=C(C)[C@@H]1CC[C@]2(CC(=O)CC3CCC(N(C)C)C3)CC[C@]3(C)[C@H](CC[C@@H]4[C@@]5(C)CC[C@H](OC(=O)CC(C)(C)CC(=O)O)C(C)(C)[C@@H]5CC[C@]43C)[C@@H]12. The molecule has 0 radical (unpaired) electrons. The zero-order valence-electron chi connectivity index (χ0n) is 34.9. The number of hydrogen-bond acceptors (Lipinski definition) is 5. The number of carbonyl (C=O) groups excluding carboxylic acids is 2. The van der Waals surface area contributed by atoms with E-state index in [0.29, 0.717) is 47.3 Å². The van der Waals surface area contributed by atoms with Gasteiger partial charge in [-0.2, -0.15) is 0 Å². The maximum atomic E-state index is 14.1. The minimum atomic E-state index is -0.877. The van der Waals surface area contributed by atoms with Gasteiger partial charge in [-0.1, -0.05) is 60.6 Å². The predicted molar refractivity (Wildman–Crippen MR) is 209 cm³/mol. The smallest absolute Gasteiger partial charge is 0.306 e. The van der Waals surface area contributed by atoms with Gasteiger partial charge in [0.25, 0.3) is 0 Å². The van der Waals surface area contributed by atoms with E-state index in [1.165, 1.54) is 69.8 Å². The summed E-state index contributed by atoms with van der Waals surface area (Å²) in [5.41, 5.74) is 1.33. The predicted octanol–water partition coefficient (Wildman–Crippen LogP) is 10.5. The molecule has 6 nitrogen and oxygen atoms in total. The van der Waals surface area contributed by atoms with Crippen molar-refractivity contribution in [2.75, 3.05) is 14.1 Å². The van der Waals surface area contributed by atoms with Crippen LogP contribution in [0.2, 0.25) is 0 Å². The molecule has 0 aromatic heterocycles. The summed E-state index contributed by atoms with van der Waals surface area (Å²) in [5.74, 6) is 2.77. The van der Waals surface area contributed by atoms with E-state index >= 15 is 0 Å². The van der Waals surface area contributed by atoms with Crippen LogP contribution in [0.15, 0.2) is 12.2 Å². The van der Waals surface area contributed by atoms with Crippen LogP contribution in [0.4, 0.5) is 0 Å². The van der Waals surface area contributed by atoms with E-state index in [2.05, 4.69) is 67.1 Å². The molecule has 6 heteroatoms. The topological polar surface area (TPSA) is 83.9 Å². The summed E-state index contributed by atoms with van der Waals surface area (Å²) >= 11 is 0. The van der Waals surface area contributed by atoms with Crippen molar-refractivity contribution in [1.82, 2.24) is 4.90 Å². The minimum absolute atomic E-state index is 0.0415. The number of hydrogen-bond donors (Lipinski definition) is 1. The third-order valence-electron chi connectivity index (χ3n) is 18.0. The van der Waals surface area contributed by atoms with Crippen molar-refractivity contribution in [1.29, 1.82) is 0 Å². The Hall–Kier alpha value is -1.69. The summed E-state index contributed by atoms with van der Waals surface area (Å²) in [6.07, 6.45) is 16.8. The molecule has 0 saturated heterocycles. The molecule has 0 amide bonds. The lowest BCUT2D eigenvalue weighted by atomic mass is 9.32. The Morgan fingerprint density at radius 2 is 1.54 bits per heavy atom. The Balaban J connectivity index is 1.20. The molecule has 6 aliphatic carbocycles. The molecule has 6 rings (SSSR count). The summed E-state index contributed by atoms with van der Waals surface area (Å²) in [6.45, 7) is 23.2. The summed E-state index contributed by atoms with van der Waals surface area (Å²) in [6, 6.07) is 0.629. The normalized spacial score (nSPS) is 43.9. The van der Waals surface area contributed by atoms with Crippen LogP contribution in [-0.2, 0) is 19.1 Å². The molecule has 0 bridgehead atoms. The summed E-state index contributed by atoms with van der Waals surface area (Å²) in [4.78, 5) is 41.1. The lowest BCUT2D eigenvalue weighted by molar-refractivity contribution is -0.250. The first-order chi connectivity index (χ1) is 24.1. The number of Topliss-reactive ketones (excluding diaryl/α,β-unsaturated/α-hetero) is 1. The molecule has 0 aromatic rings. The van der Waals surface area contributed by atoms with Crippen molar-refractivity contribution in [3.05, 3.63) is 12.2 Å². The van der Waals surface area contributed by atoms with Crippen molar-refractivity contribution < 1.29 is 24.2 Å². The van der Waals surface area contributed by atoms with Gasteiger partial charge in [-0.15, -0.1) is 0 Å². The second-order valence-electron chi connectivity index (χ2n) is 22.0. The molecule has 2 unspecified atom stereocenters. The molecule has 0 spiro atoms. The number of fused-ring (bicyclic) bond motifs is 7. The average molecular weight is 722 g/mol. The van der Waals surface area contributed by atoms with Crippen molar-refractivity contribution in [2.24, 2.45) is 68.0 Å². The van der Waals surface area contributed by atoms with Gasteiger partial charge in [-0.3, -0.25) is 14.4 Å². The Labute approximate surface area is 317 Å². The van der Waals surface area contributed by atoms with E-state index < -0.39 is 11.4 Å². The van der Waals surface area contributed by atoms with E-state index in [9.17, 15) is 19.5 Å². The van der Waals surface area contributed by atoms with E-state index in [1.807, 2.05) is 13.8 Å². The molecule has 12 atom stereocenters. The van der Waals surface area contributed by atoms with Crippen LogP contribution in [0.1, 0.15) is 165 Å². The molecule has 6 aliphatic rings. The van der Waals surface area contributed by atoms with E-state index in [-0.39, 0.29) is 52.0 Å². The quantitative estimate of drug-likeness (QED) is 0.169. The van der Waals surface area contributed by atoms with Crippen LogP contribution in [0.5, 0.6) is 0 Å². The lowest BCUT2D eigenvalue weighted by Crippen LogP contribution is -2.66. The van der Waals surface area contributed by atoms with Gasteiger partial charge in [0, 0.05) is 24.3 Å². The van der Waals surface area contributed by atoms with Crippen LogP contribution in [-0.4, -0.2) is 54.0 Å². The number of nitrogens with zero attached hydrogens (tertiary/aromatic N) is 1. The second kappa shape index (κ2) is 13.8. The Kier molecular flexibility index (Phi) is 10.6. The molecule has 0 aliphatic heterocycles. The van der Waals surface area contributed by atoms with Gasteiger partial charge in [0.15, 0.2) is 0 Å². The Morgan fingerprint density at radius 1 is 0.827 bits per heavy atom. The van der Waals surface area contributed by atoms with Crippen LogP contribution < -0.4 is 0 Å². The number of aliphatic carboxylic acids is 1. The third-order valence-corrected chi connectivity index (χ3v) is 18.0. The number of ether oxygens (including phenoxy) is 1. The van der Waals surface area contributed by atoms with Crippen LogP contribution >= 0.6 is 0 Å². The summed E-state index contributed by atoms with van der Waals surface area (Å²) in [7, 11) is 4.38. The zero-order chi connectivity index (χ0) is 38.2. The minimum Gasteiger partial charge on any atom is -0.481 e. The van der Waals surface area contributed by atoms with Crippen molar-refractivity contribution >= 4 is 17.7 Å². The van der Waals surface area contributed by atoms with E-state index in [4.69, 9.17) is 4.74 Å². The number of rotatable bonds is 11. The highest BCUT2D eigenvalue weighted by molar-refractivity contribution is 5.79. The van der Waals surface area contributed by atoms with Gasteiger partial charge >= 0.3 is 11.9 Å².